The third kappa shape index (κ3) is 4.95. The van der Waals surface area contributed by atoms with Gasteiger partial charge in [-0.25, -0.2) is 0 Å². The normalized spacial score (nSPS) is 11.3. The molecular formula is C46H31NS. The summed E-state index contributed by atoms with van der Waals surface area (Å²) in [4.78, 5) is 2.43. The minimum atomic E-state index is 1.12. The van der Waals surface area contributed by atoms with Gasteiger partial charge in [-0.1, -0.05) is 146 Å². The zero-order valence-corrected chi connectivity index (χ0v) is 27.1. The van der Waals surface area contributed by atoms with Gasteiger partial charge in [0.2, 0.25) is 0 Å². The van der Waals surface area contributed by atoms with Crippen molar-refractivity contribution in [3.63, 3.8) is 0 Å². The molecule has 8 aromatic carbocycles. The van der Waals surface area contributed by atoms with Gasteiger partial charge in [0.1, 0.15) is 0 Å². The van der Waals surface area contributed by atoms with E-state index in [0.717, 1.165) is 11.4 Å². The molecule has 0 atom stereocenters. The lowest BCUT2D eigenvalue weighted by molar-refractivity contribution is 1.30. The highest BCUT2D eigenvalue weighted by Gasteiger charge is 2.21. The van der Waals surface area contributed by atoms with Crippen LogP contribution in [-0.4, -0.2) is 0 Å². The molecule has 0 aliphatic carbocycles. The Morgan fingerprint density at radius 2 is 0.875 bits per heavy atom. The van der Waals surface area contributed by atoms with Gasteiger partial charge in [-0.2, -0.15) is 0 Å². The van der Waals surface area contributed by atoms with E-state index in [9.17, 15) is 0 Å². The average molecular weight is 630 g/mol. The van der Waals surface area contributed by atoms with E-state index in [4.69, 9.17) is 0 Å². The molecule has 0 spiro atoms. The topological polar surface area (TPSA) is 3.24 Å². The van der Waals surface area contributed by atoms with E-state index < -0.39 is 0 Å². The third-order valence-corrected chi connectivity index (χ3v) is 10.4. The smallest absolute Gasteiger partial charge is 0.0554 e. The van der Waals surface area contributed by atoms with Crippen molar-refractivity contribution in [2.45, 2.75) is 0 Å². The fourth-order valence-electron chi connectivity index (χ4n) is 6.98. The number of nitrogens with zero attached hydrogens (tertiary/aromatic N) is 1. The van der Waals surface area contributed by atoms with Crippen LogP contribution in [0.4, 0.5) is 17.1 Å². The Kier molecular flexibility index (Phi) is 7.07. The highest BCUT2D eigenvalue weighted by atomic mass is 32.1. The number of anilines is 3. The van der Waals surface area contributed by atoms with Crippen molar-refractivity contribution >= 4 is 59.3 Å². The Bertz CT molecular complexity index is 2430. The zero-order chi connectivity index (χ0) is 31.9. The standard InChI is InChI=1S/C46H31NS/c1-4-13-32(14-5-1)34-23-27-38(28-24-34)47(39-29-25-35(26-30-39)33-15-6-2-7-16-33)42-21-12-22-43-45(42)41-31-37-19-10-11-20-40(37)44(46(41)48-43)36-17-8-3-9-18-36/h1-31H. The molecule has 0 fully saturated rings. The minimum absolute atomic E-state index is 1.12. The number of rotatable bonds is 6. The molecule has 9 aromatic rings. The first kappa shape index (κ1) is 28.3. The molecular weight excluding hydrogens is 599 g/mol. The van der Waals surface area contributed by atoms with Crippen molar-refractivity contribution in [2.24, 2.45) is 0 Å². The first-order chi connectivity index (χ1) is 23.8. The highest BCUT2D eigenvalue weighted by Crippen LogP contribution is 2.49. The largest absolute Gasteiger partial charge is 0.310 e. The second kappa shape index (κ2) is 12.0. The third-order valence-electron chi connectivity index (χ3n) is 9.26. The van der Waals surface area contributed by atoms with Gasteiger partial charge in [0, 0.05) is 37.1 Å². The average Bonchev–Trinajstić information content (AvgIpc) is 3.54. The molecule has 0 bridgehead atoms. The summed E-state index contributed by atoms with van der Waals surface area (Å²) < 4.78 is 2.60. The molecule has 48 heavy (non-hydrogen) atoms. The summed E-state index contributed by atoms with van der Waals surface area (Å²) >= 11 is 1.89. The van der Waals surface area contributed by atoms with Gasteiger partial charge in [0.25, 0.3) is 0 Å². The molecule has 0 N–H and O–H groups in total. The number of hydrogen-bond acceptors (Lipinski definition) is 2. The molecule has 0 saturated carbocycles. The molecule has 0 aliphatic heterocycles. The Labute approximate surface area is 284 Å². The van der Waals surface area contributed by atoms with Crippen LogP contribution in [0.5, 0.6) is 0 Å². The van der Waals surface area contributed by atoms with Crippen LogP contribution in [0.15, 0.2) is 188 Å². The van der Waals surface area contributed by atoms with Crippen molar-refractivity contribution in [2.75, 3.05) is 4.90 Å². The van der Waals surface area contributed by atoms with Gasteiger partial charge in [0.05, 0.1) is 5.69 Å². The molecule has 1 aromatic heterocycles. The lowest BCUT2D eigenvalue weighted by atomic mass is 9.95. The summed E-state index contributed by atoms with van der Waals surface area (Å²) in [5, 5.41) is 5.10. The number of thiophene rings is 1. The molecule has 9 rings (SSSR count). The SMILES string of the molecule is c1ccc(-c2ccc(N(c3ccc(-c4ccccc4)cc3)c3cccc4sc5c(-c6ccccc6)c6ccccc6cc5c34)cc2)cc1. The summed E-state index contributed by atoms with van der Waals surface area (Å²) in [7, 11) is 0. The van der Waals surface area contributed by atoms with E-state index in [1.54, 1.807) is 0 Å². The number of fused-ring (bicyclic) bond motifs is 4. The van der Waals surface area contributed by atoms with Crippen LogP contribution >= 0.6 is 11.3 Å². The maximum Gasteiger partial charge on any atom is 0.0554 e. The summed E-state index contributed by atoms with van der Waals surface area (Å²) in [6, 6.07) is 68.0. The first-order valence-electron chi connectivity index (χ1n) is 16.4. The molecule has 0 saturated heterocycles. The fraction of sp³-hybridized carbons (Fsp3) is 0. The second-order valence-electron chi connectivity index (χ2n) is 12.1. The van der Waals surface area contributed by atoms with Crippen molar-refractivity contribution in [3.8, 4) is 33.4 Å². The van der Waals surface area contributed by atoms with Crippen molar-refractivity contribution in [3.05, 3.63) is 188 Å². The highest BCUT2D eigenvalue weighted by molar-refractivity contribution is 7.26. The van der Waals surface area contributed by atoms with Crippen LogP contribution in [0.1, 0.15) is 0 Å². The predicted molar refractivity (Wildman–Crippen MR) is 208 cm³/mol. The molecule has 0 aliphatic rings. The summed E-state index contributed by atoms with van der Waals surface area (Å²) in [5.41, 5.74) is 10.8. The predicted octanol–water partition coefficient (Wildman–Crippen LogP) is 13.7. The number of hydrogen-bond donors (Lipinski definition) is 0. The Morgan fingerprint density at radius 3 is 1.46 bits per heavy atom. The molecule has 1 nitrogen and oxygen atoms in total. The maximum absolute atomic E-state index is 2.43. The van der Waals surface area contributed by atoms with E-state index >= 15 is 0 Å². The fourth-order valence-corrected chi connectivity index (χ4v) is 8.26. The quantitative estimate of drug-likeness (QED) is 0.177. The van der Waals surface area contributed by atoms with E-state index in [1.165, 1.54) is 70.0 Å². The van der Waals surface area contributed by atoms with Gasteiger partial charge < -0.3 is 4.90 Å². The minimum Gasteiger partial charge on any atom is -0.310 e. The van der Waals surface area contributed by atoms with Crippen LogP contribution in [0, 0.1) is 0 Å². The van der Waals surface area contributed by atoms with E-state index in [0.29, 0.717) is 0 Å². The second-order valence-corrected chi connectivity index (χ2v) is 13.2. The summed E-state index contributed by atoms with van der Waals surface area (Å²) in [6.07, 6.45) is 0. The van der Waals surface area contributed by atoms with Gasteiger partial charge >= 0.3 is 0 Å². The van der Waals surface area contributed by atoms with Gasteiger partial charge in [0.15, 0.2) is 0 Å². The van der Waals surface area contributed by atoms with Gasteiger partial charge in [-0.05, 0) is 81.1 Å². The molecule has 0 radical (unpaired) electrons. The summed E-state index contributed by atoms with van der Waals surface area (Å²) in [5.74, 6) is 0. The zero-order valence-electron chi connectivity index (χ0n) is 26.3. The maximum atomic E-state index is 2.43. The van der Waals surface area contributed by atoms with Crippen molar-refractivity contribution in [1.82, 2.24) is 0 Å². The van der Waals surface area contributed by atoms with E-state index in [2.05, 4.69) is 193 Å². The van der Waals surface area contributed by atoms with Crippen LogP contribution < -0.4 is 4.90 Å². The Hall–Kier alpha value is -5.96. The summed E-state index contributed by atoms with van der Waals surface area (Å²) in [6.45, 7) is 0. The molecule has 226 valence electrons. The van der Waals surface area contributed by atoms with E-state index in [-0.39, 0.29) is 0 Å². The van der Waals surface area contributed by atoms with Crippen molar-refractivity contribution < 1.29 is 0 Å². The molecule has 1 heterocycles. The first-order valence-corrected chi connectivity index (χ1v) is 17.2. The lowest BCUT2D eigenvalue weighted by Crippen LogP contribution is -2.10. The monoisotopic (exact) mass is 629 g/mol. The Balaban J connectivity index is 1.28. The van der Waals surface area contributed by atoms with Gasteiger partial charge in [-0.15, -0.1) is 11.3 Å². The molecule has 0 unspecified atom stereocenters. The van der Waals surface area contributed by atoms with Crippen molar-refractivity contribution in [1.29, 1.82) is 0 Å². The van der Waals surface area contributed by atoms with Crippen LogP contribution in [0.2, 0.25) is 0 Å². The molecule has 2 heteroatoms. The Morgan fingerprint density at radius 1 is 0.375 bits per heavy atom. The lowest BCUT2D eigenvalue weighted by Gasteiger charge is -2.27. The van der Waals surface area contributed by atoms with Crippen LogP contribution in [0.25, 0.3) is 64.3 Å². The van der Waals surface area contributed by atoms with Crippen LogP contribution in [-0.2, 0) is 0 Å². The molecule has 0 amide bonds. The van der Waals surface area contributed by atoms with E-state index in [1.807, 2.05) is 11.3 Å². The van der Waals surface area contributed by atoms with Crippen LogP contribution in [0.3, 0.4) is 0 Å². The van der Waals surface area contributed by atoms with Gasteiger partial charge in [-0.3, -0.25) is 0 Å². The number of benzene rings is 8.